The Bertz CT molecular complexity index is 187. The highest BCUT2D eigenvalue weighted by atomic mass is 16.7. The highest BCUT2D eigenvalue weighted by Crippen LogP contribution is 2.24. The Morgan fingerprint density at radius 3 is 1.56 bits per heavy atom. The van der Waals surface area contributed by atoms with Gasteiger partial charge in [0, 0.05) is 26.4 Å². The lowest BCUT2D eigenvalue weighted by Gasteiger charge is -2.40. The summed E-state index contributed by atoms with van der Waals surface area (Å²) in [6.07, 6.45) is 0.198. The Morgan fingerprint density at radius 2 is 1.28 bits per heavy atom. The lowest BCUT2D eigenvalue weighted by atomic mass is 10.2. The summed E-state index contributed by atoms with van der Waals surface area (Å²) in [5.74, 6) is -0.793. The van der Waals surface area contributed by atoms with Crippen molar-refractivity contribution in [3.05, 3.63) is 0 Å². The van der Waals surface area contributed by atoms with Crippen LogP contribution in [0.5, 0.6) is 0 Å². The maximum Gasteiger partial charge on any atom is 0.234 e. The smallest absolute Gasteiger partial charge is 0.234 e. The summed E-state index contributed by atoms with van der Waals surface area (Å²) >= 11 is 0. The van der Waals surface area contributed by atoms with Crippen molar-refractivity contribution in [2.24, 2.45) is 0 Å². The SMILES string of the molecule is CCOC(CC(OCC)(OCC)N(C)C)OCC. The minimum Gasteiger partial charge on any atom is -0.353 e. The summed E-state index contributed by atoms with van der Waals surface area (Å²) in [6.45, 7) is 10.2. The first kappa shape index (κ1) is 17.8. The van der Waals surface area contributed by atoms with E-state index < -0.39 is 5.91 Å². The second-order valence-electron chi connectivity index (χ2n) is 4.02. The number of hydrogen-bond donors (Lipinski definition) is 0. The van der Waals surface area contributed by atoms with Crippen LogP contribution in [0.15, 0.2) is 0 Å². The van der Waals surface area contributed by atoms with Crippen molar-refractivity contribution in [1.29, 1.82) is 0 Å². The van der Waals surface area contributed by atoms with E-state index in [0.717, 1.165) is 0 Å². The van der Waals surface area contributed by atoms with E-state index in [1.807, 2.05) is 46.7 Å². The molecular formula is C13H29NO4. The zero-order valence-electron chi connectivity index (χ0n) is 12.7. The molecule has 5 heteroatoms. The van der Waals surface area contributed by atoms with Gasteiger partial charge in [-0.15, -0.1) is 0 Å². The molecule has 0 amide bonds. The first-order valence-electron chi connectivity index (χ1n) is 6.74. The van der Waals surface area contributed by atoms with Crippen LogP contribution in [0.2, 0.25) is 0 Å². The van der Waals surface area contributed by atoms with Crippen LogP contribution in [0.25, 0.3) is 0 Å². The van der Waals surface area contributed by atoms with Gasteiger partial charge in [-0.25, -0.2) is 0 Å². The Kier molecular flexibility index (Phi) is 9.59. The highest BCUT2D eigenvalue weighted by molar-refractivity contribution is 4.69. The maximum absolute atomic E-state index is 5.80. The Labute approximate surface area is 111 Å². The van der Waals surface area contributed by atoms with Crippen LogP contribution in [0.1, 0.15) is 34.1 Å². The van der Waals surface area contributed by atoms with Crippen LogP contribution >= 0.6 is 0 Å². The van der Waals surface area contributed by atoms with Gasteiger partial charge in [0.2, 0.25) is 5.91 Å². The quantitative estimate of drug-likeness (QED) is 0.534. The van der Waals surface area contributed by atoms with E-state index >= 15 is 0 Å². The molecule has 0 N–H and O–H groups in total. The fourth-order valence-electron chi connectivity index (χ4n) is 1.80. The second kappa shape index (κ2) is 9.69. The molecular weight excluding hydrogens is 234 g/mol. The minimum absolute atomic E-state index is 0.319. The molecule has 0 aromatic rings. The first-order valence-corrected chi connectivity index (χ1v) is 6.74. The Hall–Kier alpha value is -0.200. The molecule has 0 atom stereocenters. The van der Waals surface area contributed by atoms with E-state index in [1.54, 1.807) is 0 Å². The van der Waals surface area contributed by atoms with Crippen LogP contribution in [0, 0.1) is 0 Å². The molecule has 0 heterocycles. The maximum atomic E-state index is 5.80. The molecule has 0 radical (unpaired) electrons. The van der Waals surface area contributed by atoms with Gasteiger partial charge in [0.15, 0.2) is 6.29 Å². The average Bonchev–Trinajstić information content (AvgIpc) is 2.30. The molecule has 0 bridgehead atoms. The van der Waals surface area contributed by atoms with Crippen molar-refractivity contribution in [1.82, 2.24) is 4.90 Å². The van der Waals surface area contributed by atoms with Gasteiger partial charge in [0.1, 0.15) is 0 Å². The third-order valence-electron chi connectivity index (χ3n) is 2.55. The van der Waals surface area contributed by atoms with Crippen molar-refractivity contribution in [3.8, 4) is 0 Å². The molecule has 0 aromatic carbocycles. The number of rotatable bonds is 11. The van der Waals surface area contributed by atoms with Crippen molar-refractivity contribution in [3.63, 3.8) is 0 Å². The van der Waals surface area contributed by atoms with Gasteiger partial charge in [-0.1, -0.05) is 0 Å². The van der Waals surface area contributed by atoms with Gasteiger partial charge in [-0.2, -0.15) is 0 Å². The topological polar surface area (TPSA) is 40.2 Å². The van der Waals surface area contributed by atoms with Gasteiger partial charge in [-0.3, -0.25) is 4.90 Å². The highest BCUT2D eigenvalue weighted by Gasteiger charge is 2.38. The van der Waals surface area contributed by atoms with E-state index in [0.29, 0.717) is 32.8 Å². The Balaban J connectivity index is 4.79. The Morgan fingerprint density at radius 1 is 0.833 bits per heavy atom. The van der Waals surface area contributed by atoms with Crippen LogP contribution in [0.3, 0.4) is 0 Å². The van der Waals surface area contributed by atoms with Crippen LogP contribution in [0.4, 0.5) is 0 Å². The lowest BCUT2D eigenvalue weighted by molar-refractivity contribution is -0.331. The normalized spacial score (nSPS) is 12.7. The van der Waals surface area contributed by atoms with Crippen LogP contribution in [-0.4, -0.2) is 57.6 Å². The molecule has 0 unspecified atom stereocenters. The standard InChI is InChI=1S/C13H29NO4/c1-7-15-12(16-8-2)11-13(14(5)6,17-9-3)18-10-4/h12H,7-11H2,1-6H3. The van der Waals surface area contributed by atoms with Crippen molar-refractivity contribution in [2.45, 2.75) is 46.3 Å². The van der Waals surface area contributed by atoms with Gasteiger partial charge in [0.05, 0.1) is 6.42 Å². The molecule has 0 aliphatic heterocycles. The van der Waals surface area contributed by atoms with E-state index in [4.69, 9.17) is 18.9 Å². The second-order valence-corrected chi connectivity index (χ2v) is 4.02. The molecule has 0 aliphatic carbocycles. The molecule has 0 aliphatic rings. The predicted molar refractivity (Wildman–Crippen MR) is 71.3 cm³/mol. The fraction of sp³-hybridized carbons (Fsp3) is 1.00. The van der Waals surface area contributed by atoms with E-state index in [9.17, 15) is 0 Å². The molecule has 0 fully saturated rings. The molecule has 0 spiro atoms. The summed E-state index contributed by atoms with van der Waals surface area (Å²) in [5.41, 5.74) is 0. The fourth-order valence-corrected chi connectivity index (χ4v) is 1.80. The average molecular weight is 263 g/mol. The summed E-state index contributed by atoms with van der Waals surface area (Å²) in [6, 6.07) is 0. The monoisotopic (exact) mass is 263 g/mol. The van der Waals surface area contributed by atoms with Gasteiger partial charge >= 0.3 is 0 Å². The molecule has 0 aromatic heterocycles. The number of hydrogen-bond acceptors (Lipinski definition) is 5. The molecule has 0 saturated carbocycles. The lowest BCUT2D eigenvalue weighted by Crippen LogP contribution is -2.52. The van der Waals surface area contributed by atoms with Gasteiger partial charge in [-0.05, 0) is 41.8 Å². The zero-order chi connectivity index (χ0) is 14.0. The summed E-state index contributed by atoms with van der Waals surface area (Å²) in [7, 11) is 3.86. The van der Waals surface area contributed by atoms with Gasteiger partial charge < -0.3 is 18.9 Å². The summed E-state index contributed by atoms with van der Waals surface area (Å²) < 4.78 is 22.7. The molecule has 0 rings (SSSR count). The van der Waals surface area contributed by atoms with Crippen LogP contribution in [-0.2, 0) is 18.9 Å². The molecule has 0 saturated heterocycles. The zero-order valence-corrected chi connectivity index (χ0v) is 12.7. The molecule has 18 heavy (non-hydrogen) atoms. The van der Waals surface area contributed by atoms with Crippen molar-refractivity contribution >= 4 is 0 Å². The summed E-state index contributed by atoms with van der Waals surface area (Å²) in [4.78, 5) is 1.92. The summed E-state index contributed by atoms with van der Waals surface area (Å²) in [5, 5.41) is 0. The van der Waals surface area contributed by atoms with Crippen LogP contribution < -0.4 is 0 Å². The van der Waals surface area contributed by atoms with E-state index in [1.165, 1.54) is 0 Å². The van der Waals surface area contributed by atoms with E-state index in [-0.39, 0.29) is 6.29 Å². The van der Waals surface area contributed by atoms with Gasteiger partial charge in [0.25, 0.3) is 0 Å². The number of ether oxygens (including phenoxy) is 4. The van der Waals surface area contributed by atoms with E-state index in [2.05, 4.69) is 0 Å². The first-order chi connectivity index (χ1) is 8.56. The molecule has 5 nitrogen and oxygen atoms in total. The predicted octanol–water partition coefficient (Wildman–Crippen LogP) is 2.06. The third-order valence-corrected chi connectivity index (χ3v) is 2.55. The van der Waals surface area contributed by atoms with Crippen molar-refractivity contribution < 1.29 is 18.9 Å². The largest absolute Gasteiger partial charge is 0.353 e. The minimum atomic E-state index is -0.793. The third kappa shape index (κ3) is 5.63. The number of nitrogens with zero attached hydrogens (tertiary/aromatic N) is 1. The van der Waals surface area contributed by atoms with Crippen molar-refractivity contribution in [2.75, 3.05) is 40.5 Å². The molecule has 110 valence electrons.